The molecule has 6 rings (SSSR count). The fourth-order valence-electron chi connectivity index (χ4n) is 5.54. The lowest BCUT2D eigenvalue weighted by Gasteiger charge is -2.18. The molecule has 186 valence electrons. The quantitative estimate of drug-likeness (QED) is 0.408. The van der Waals surface area contributed by atoms with Crippen molar-refractivity contribution in [2.24, 2.45) is 5.92 Å². The minimum atomic E-state index is -4.41. The van der Waals surface area contributed by atoms with Crippen LogP contribution in [-0.2, 0) is 29.4 Å². The fraction of sp³-hybridized carbons (Fsp3) is 0.310. The molecule has 0 amide bonds. The van der Waals surface area contributed by atoms with Crippen molar-refractivity contribution in [3.63, 3.8) is 0 Å². The summed E-state index contributed by atoms with van der Waals surface area (Å²) in [7, 11) is 0. The molecule has 1 N–H and O–H groups in total. The highest BCUT2D eigenvalue weighted by molar-refractivity contribution is 5.88. The highest BCUT2D eigenvalue weighted by atomic mass is 19.4. The number of fused-ring (bicyclic) bond motifs is 4. The number of carbonyl (C=O) groups is 1. The van der Waals surface area contributed by atoms with Gasteiger partial charge in [-0.3, -0.25) is 4.79 Å². The van der Waals surface area contributed by atoms with Gasteiger partial charge in [0.15, 0.2) is 0 Å². The van der Waals surface area contributed by atoms with Gasteiger partial charge in [-0.25, -0.2) is 4.98 Å². The van der Waals surface area contributed by atoms with Crippen molar-refractivity contribution in [3.8, 4) is 5.88 Å². The highest BCUT2D eigenvalue weighted by Crippen LogP contribution is 2.56. The zero-order valence-corrected chi connectivity index (χ0v) is 20.0. The van der Waals surface area contributed by atoms with Crippen LogP contribution in [-0.4, -0.2) is 16.6 Å². The van der Waals surface area contributed by atoms with Crippen molar-refractivity contribution in [1.82, 2.24) is 4.98 Å². The fourth-order valence-corrected chi connectivity index (χ4v) is 5.54. The summed E-state index contributed by atoms with van der Waals surface area (Å²) in [5.74, 6) is 2.10. The SMILES string of the molecule is CC1(C)C=C(c2ccccc2C(F)(F)F)c2cc(COc3cc4c(cn3)C3CC3C4)ccc21.O=CO. The summed E-state index contributed by atoms with van der Waals surface area (Å²) in [4.78, 5) is 12.8. The van der Waals surface area contributed by atoms with Gasteiger partial charge in [0.1, 0.15) is 6.61 Å². The van der Waals surface area contributed by atoms with Gasteiger partial charge in [0.05, 0.1) is 5.56 Å². The summed E-state index contributed by atoms with van der Waals surface area (Å²) in [6.07, 6.45) is 1.88. The molecule has 4 nitrogen and oxygen atoms in total. The van der Waals surface area contributed by atoms with Crippen molar-refractivity contribution in [3.05, 3.63) is 99.7 Å². The molecule has 0 radical (unpaired) electrons. The molecule has 1 fully saturated rings. The zero-order chi connectivity index (χ0) is 25.7. The van der Waals surface area contributed by atoms with Crippen LogP contribution in [0.15, 0.2) is 60.8 Å². The van der Waals surface area contributed by atoms with E-state index in [4.69, 9.17) is 14.6 Å². The van der Waals surface area contributed by atoms with Gasteiger partial charge in [0, 0.05) is 17.7 Å². The second-order valence-electron chi connectivity index (χ2n) is 10.1. The number of ether oxygens (including phenoxy) is 1. The summed E-state index contributed by atoms with van der Waals surface area (Å²) >= 11 is 0. The number of alkyl halides is 3. The summed E-state index contributed by atoms with van der Waals surface area (Å²) in [5, 5.41) is 6.89. The third-order valence-corrected chi connectivity index (χ3v) is 7.29. The lowest BCUT2D eigenvalue weighted by atomic mass is 9.86. The molecule has 0 spiro atoms. The first-order valence-electron chi connectivity index (χ1n) is 11.8. The number of rotatable bonds is 4. The predicted octanol–water partition coefficient (Wildman–Crippen LogP) is 6.76. The van der Waals surface area contributed by atoms with Crippen molar-refractivity contribution >= 4 is 12.0 Å². The molecule has 2 aromatic carbocycles. The van der Waals surface area contributed by atoms with Crippen LogP contribution in [0.1, 0.15) is 65.1 Å². The van der Waals surface area contributed by atoms with E-state index in [0.29, 0.717) is 24.0 Å². The van der Waals surface area contributed by atoms with Crippen LogP contribution in [0, 0.1) is 5.92 Å². The van der Waals surface area contributed by atoms with Crippen LogP contribution < -0.4 is 4.74 Å². The molecule has 2 atom stereocenters. The van der Waals surface area contributed by atoms with Crippen molar-refractivity contribution in [1.29, 1.82) is 0 Å². The summed E-state index contributed by atoms with van der Waals surface area (Å²) in [6, 6.07) is 13.8. The molecule has 3 aromatic rings. The summed E-state index contributed by atoms with van der Waals surface area (Å²) < 4.78 is 47.2. The van der Waals surface area contributed by atoms with Gasteiger partial charge < -0.3 is 9.84 Å². The van der Waals surface area contributed by atoms with E-state index in [1.165, 1.54) is 23.6 Å². The zero-order valence-electron chi connectivity index (χ0n) is 20.0. The van der Waals surface area contributed by atoms with Crippen molar-refractivity contribution in [2.75, 3.05) is 0 Å². The molecule has 1 aromatic heterocycles. The van der Waals surface area contributed by atoms with Crippen LogP contribution >= 0.6 is 0 Å². The number of aromatic nitrogens is 1. The number of allylic oxidation sites excluding steroid dienone is 1. The van der Waals surface area contributed by atoms with Crippen molar-refractivity contribution in [2.45, 2.75) is 50.8 Å². The van der Waals surface area contributed by atoms with E-state index in [1.54, 1.807) is 12.1 Å². The van der Waals surface area contributed by atoms with E-state index in [9.17, 15) is 13.2 Å². The molecule has 0 aliphatic heterocycles. The molecule has 7 heteroatoms. The maximum absolute atomic E-state index is 13.7. The third kappa shape index (κ3) is 4.38. The molecule has 3 aliphatic rings. The standard InChI is InChI=1S/C28H24F3NO.CH2O2/c1-27(2)13-22(19-5-3-4-6-25(19)28(29,30)31)21-9-16(7-8-24(21)27)15-33-26-12-18-10-17-11-20(17)23(18)14-32-26;2-1-3/h3-9,12-14,17,20H,10-11,15H2,1-2H3;1H,(H,2,3). The normalized spacial score (nSPS) is 20.3. The minimum absolute atomic E-state index is 0.216. The number of hydrogen-bond donors (Lipinski definition) is 1. The molecule has 1 saturated carbocycles. The number of benzene rings is 2. The number of carboxylic acid groups (broad SMARTS) is 1. The Hall–Kier alpha value is -3.61. The van der Waals surface area contributed by atoms with Gasteiger partial charge in [-0.2, -0.15) is 13.2 Å². The Morgan fingerprint density at radius 1 is 1.14 bits per heavy atom. The maximum Gasteiger partial charge on any atom is 0.417 e. The Balaban J connectivity index is 0.000000848. The van der Waals surface area contributed by atoms with Gasteiger partial charge in [0.2, 0.25) is 5.88 Å². The molecule has 0 bridgehead atoms. The topological polar surface area (TPSA) is 59.4 Å². The molecular weight excluding hydrogens is 467 g/mol. The maximum atomic E-state index is 13.7. The summed E-state index contributed by atoms with van der Waals surface area (Å²) in [5.41, 5.74) is 5.34. The van der Waals surface area contributed by atoms with E-state index >= 15 is 0 Å². The molecular formula is C29H26F3NO3. The lowest BCUT2D eigenvalue weighted by Crippen LogP contribution is -2.10. The second-order valence-corrected chi connectivity index (χ2v) is 10.1. The first-order valence-corrected chi connectivity index (χ1v) is 11.8. The first-order chi connectivity index (χ1) is 17.1. The van der Waals surface area contributed by atoms with Gasteiger partial charge in [-0.05, 0) is 75.8 Å². The first kappa shape index (κ1) is 24.1. The number of pyridine rings is 1. The van der Waals surface area contributed by atoms with E-state index in [-0.39, 0.29) is 17.5 Å². The predicted molar refractivity (Wildman–Crippen MR) is 130 cm³/mol. The highest BCUT2D eigenvalue weighted by Gasteiger charge is 2.45. The molecule has 36 heavy (non-hydrogen) atoms. The van der Waals surface area contributed by atoms with Crippen LogP contribution in [0.2, 0.25) is 0 Å². The lowest BCUT2D eigenvalue weighted by molar-refractivity contribution is -0.137. The number of hydrogen-bond acceptors (Lipinski definition) is 3. The largest absolute Gasteiger partial charge is 0.483 e. The molecule has 1 heterocycles. The number of nitrogens with zero attached hydrogens (tertiary/aromatic N) is 1. The van der Waals surface area contributed by atoms with E-state index < -0.39 is 11.7 Å². The third-order valence-electron chi connectivity index (χ3n) is 7.29. The Bertz CT molecular complexity index is 1360. The van der Waals surface area contributed by atoms with Crippen LogP contribution in [0.4, 0.5) is 13.2 Å². The van der Waals surface area contributed by atoms with Crippen molar-refractivity contribution < 1.29 is 27.8 Å². The van der Waals surface area contributed by atoms with Gasteiger partial charge >= 0.3 is 6.18 Å². The van der Waals surface area contributed by atoms with E-state index in [2.05, 4.69) is 4.98 Å². The van der Waals surface area contributed by atoms with E-state index in [0.717, 1.165) is 35.1 Å². The van der Waals surface area contributed by atoms with Gasteiger partial charge in [0.25, 0.3) is 6.47 Å². The average molecular weight is 494 g/mol. The molecule has 0 saturated heterocycles. The Kier molecular flexibility index (Phi) is 5.89. The van der Waals surface area contributed by atoms with Gasteiger partial charge in [-0.1, -0.05) is 50.3 Å². The van der Waals surface area contributed by atoms with Crippen LogP contribution in [0.5, 0.6) is 5.88 Å². The monoisotopic (exact) mass is 493 g/mol. The minimum Gasteiger partial charge on any atom is -0.483 e. The van der Waals surface area contributed by atoms with Crippen LogP contribution in [0.25, 0.3) is 5.57 Å². The molecule has 3 aliphatic carbocycles. The Labute approximate surface area is 207 Å². The van der Waals surface area contributed by atoms with E-state index in [1.807, 2.05) is 50.4 Å². The van der Waals surface area contributed by atoms with Gasteiger partial charge in [-0.15, -0.1) is 0 Å². The average Bonchev–Trinajstić information content (AvgIpc) is 3.43. The Morgan fingerprint density at radius 2 is 1.89 bits per heavy atom. The second kappa shape index (κ2) is 8.80. The number of halogens is 3. The smallest absolute Gasteiger partial charge is 0.417 e. The summed E-state index contributed by atoms with van der Waals surface area (Å²) in [6.45, 7) is 4.13. The Morgan fingerprint density at radius 3 is 2.64 bits per heavy atom. The van der Waals surface area contributed by atoms with Crippen LogP contribution in [0.3, 0.4) is 0 Å². The molecule has 2 unspecified atom stereocenters.